The van der Waals surface area contributed by atoms with Gasteiger partial charge in [0.15, 0.2) is 5.52 Å². The second-order valence-corrected chi connectivity index (χ2v) is 6.24. The summed E-state index contributed by atoms with van der Waals surface area (Å²) in [6, 6.07) is 9.65. The van der Waals surface area contributed by atoms with Gasteiger partial charge >= 0.3 is 0 Å². The molecule has 1 amide bonds. The Morgan fingerprint density at radius 1 is 1.32 bits per heavy atom. The maximum atomic E-state index is 12.7. The number of fused-ring (bicyclic) bond motifs is 1. The number of amides is 1. The minimum absolute atomic E-state index is 0.115. The Labute approximate surface area is 145 Å². The van der Waals surface area contributed by atoms with E-state index in [4.69, 9.17) is 4.74 Å². The second kappa shape index (κ2) is 7.03. The van der Waals surface area contributed by atoms with Crippen molar-refractivity contribution in [2.75, 3.05) is 13.2 Å². The zero-order chi connectivity index (χ0) is 17.1. The molecular formula is C19H21N4O2+. The smallest absolute Gasteiger partial charge is 0.295 e. The van der Waals surface area contributed by atoms with Crippen LogP contribution >= 0.6 is 0 Å². The fraction of sp³-hybridized carbons (Fsp3) is 0.316. The molecule has 6 nitrogen and oxygen atoms in total. The molecule has 3 aromatic rings. The third-order valence-electron chi connectivity index (χ3n) is 4.53. The first kappa shape index (κ1) is 15.8. The van der Waals surface area contributed by atoms with Gasteiger partial charge in [-0.15, -0.1) is 0 Å². The molecule has 4 heterocycles. The van der Waals surface area contributed by atoms with E-state index in [1.165, 1.54) is 0 Å². The predicted octanol–water partition coefficient (Wildman–Crippen LogP) is 2.11. The number of aromatic amines is 1. The van der Waals surface area contributed by atoms with E-state index in [9.17, 15) is 4.79 Å². The number of carbonyl (C=O) groups is 1. The number of rotatable bonds is 4. The molecule has 1 aliphatic rings. The lowest BCUT2D eigenvalue weighted by atomic mass is 10.1. The van der Waals surface area contributed by atoms with Gasteiger partial charge in [0.05, 0.1) is 17.9 Å². The van der Waals surface area contributed by atoms with Crippen LogP contribution in [0.15, 0.2) is 48.9 Å². The number of ether oxygens (including phenoxy) is 1. The van der Waals surface area contributed by atoms with Crippen LogP contribution in [0.5, 0.6) is 0 Å². The molecule has 3 aromatic heterocycles. The molecule has 4 rings (SSSR count). The van der Waals surface area contributed by atoms with E-state index in [0.717, 1.165) is 42.8 Å². The van der Waals surface area contributed by atoms with Crippen LogP contribution in [0.25, 0.3) is 16.9 Å². The summed E-state index contributed by atoms with van der Waals surface area (Å²) in [5, 5.41) is 3.00. The summed E-state index contributed by atoms with van der Waals surface area (Å²) in [6.07, 6.45) is 8.84. The Kier molecular flexibility index (Phi) is 4.43. The lowest BCUT2D eigenvalue weighted by Gasteiger charge is -2.22. The molecule has 1 atom stereocenters. The van der Waals surface area contributed by atoms with E-state index in [1.807, 2.05) is 40.9 Å². The molecule has 0 bridgehead atoms. The maximum absolute atomic E-state index is 12.7. The van der Waals surface area contributed by atoms with Crippen molar-refractivity contribution in [2.45, 2.75) is 25.4 Å². The highest BCUT2D eigenvalue weighted by Gasteiger charge is 2.25. The van der Waals surface area contributed by atoms with Crippen molar-refractivity contribution >= 4 is 11.4 Å². The summed E-state index contributed by atoms with van der Waals surface area (Å²) in [5.74, 6) is 0.718. The lowest BCUT2D eigenvalue weighted by molar-refractivity contribution is -0.498. The quantitative estimate of drug-likeness (QED) is 0.716. The highest BCUT2D eigenvalue weighted by Crippen LogP contribution is 2.17. The fourth-order valence-electron chi connectivity index (χ4n) is 3.23. The topological polar surface area (TPSA) is 71.1 Å². The molecule has 1 unspecified atom stereocenters. The average Bonchev–Trinajstić information content (AvgIpc) is 3.07. The minimum Gasteiger partial charge on any atom is -0.376 e. The Hall–Kier alpha value is -2.73. The average molecular weight is 337 g/mol. The van der Waals surface area contributed by atoms with E-state index in [2.05, 4.69) is 15.3 Å². The molecule has 2 N–H and O–H groups in total. The SMILES string of the molecule is O=C(NCC1CCCCO1)c1[nH]c(-c2cccnc2)[n+]2ccccc12. The first-order valence-corrected chi connectivity index (χ1v) is 8.65. The number of aromatic nitrogens is 3. The molecule has 1 saturated heterocycles. The van der Waals surface area contributed by atoms with E-state index >= 15 is 0 Å². The van der Waals surface area contributed by atoms with Crippen LogP contribution in [0.4, 0.5) is 0 Å². The van der Waals surface area contributed by atoms with Crippen molar-refractivity contribution in [1.29, 1.82) is 0 Å². The van der Waals surface area contributed by atoms with Crippen LogP contribution in [-0.2, 0) is 4.74 Å². The monoisotopic (exact) mass is 337 g/mol. The van der Waals surface area contributed by atoms with Gasteiger partial charge in [-0.05, 0) is 43.5 Å². The molecule has 0 spiro atoms. The molecule has 1 fully saturated rings. The van der Waals surface area contributed by atoms with Crippen LogP contribution in [0.2, 0.25) is 0 Å². The van der Waals surface area contributed by atoms with Gasteiger partial charge in [-0.3, -0.25) is 9.78 Å². The van der Waals surface area contributed by atoms with Gasteiger partial charge in [-0.25, -0.2) is 4.98 Å². The Morgan fingerprint density at radius 2 is 2.28 bits per heavy atom. The van der Waals surface area contributed by atoms with Crippen molar-refractivity contribution in [3.8, 4) is 11.4 Å². The van der Waals surface area contributed by atoms with Gasteiger partial charge in [0.2, 0.25) is 5.69 Å². The van der Waals surface area contributed by atoms with Crippen molar-refractivity contribution in [2.24, 2.45) is 0 Å². The molecule has 6 heteroatoms. The molecule has 25 heavy (non-hydrogen) atoms. The molecule has 0 radical (unpaired) electrons. The summed E-state index contributed by atoms with van der Waals surface area (Å²) in [4.78, 5) is 20.2. The number of hydrogen-bond acceptors (Lipinski definition) is 3. The Bertz CT molecular complexity index is 870. The molecule has 1 aliphatic heterocycles. The molecular weight excluding hydrogens is 316 g/mol. The van der Waals surface area contributed by atoms with E-state index in [0.29, 0.717) is 12.2 Å². The summed E-state index contributed by atoms with van der Waals surface area (Å²) in [5.41, 5.74) is 2.32. The van der Waals surface area contributed by atoms with Crippen LogP contribution in [0, 0.1) is 0 Å². The van der Waals surface area contributed by atoms with Gasteiger partial charge in [-0.1, -0.05) is 6.07 Å². The Morgan fingerprint density at radius 3 is 3.08 bits per heavy atom. The number of nitrogens with one attached hydrogen (secondary N) is 2. The number of carbonyl (C=O) groups excluding carboxylic acids is 1. The van der Waals surface area contributed by atoms with Gasteiger partial charge in [0, 0.05) is 25.5 Å². The van der Waals surface area contributed by atoms with Gasteiger partial charge in [-0.2, -0.15) is 4.40 Å². The number of pyridine rings is 2. The fourth-order valence-corrected chi connectivity index (χ4v) is 3.23. The Balaban J connectivity index is 1.62. The van der Waals surface area contributed by atoms with E-state index in [-0.39, 0.29) is 12.0 Å². The molecule has 0 aromatic carbocycles. The summed E-state index contributed by atoms with van der Waals surface area (Å²) < 4.78 is 7.66. The summed E-state index contributed by atoms with van der Waals surface area (Å²) in [7, 11) is 0. The first-order chi connectivity index (χ1) is 12.3. The van der Waals surface area contributed by atoms with Crippen LogP contribution in [0.3, 0.4) is 0 Å². The van der Waals surface area contributed by atoms with Gasteiger partial charge in [0.1, 0.15) is 0 Å². The van der Waals surface area contributed by atoms with Crippen LogP contribution < -0.4 is 9.72 Å². The molecule has 0 saturated carbocycles. The normalized spacial score (nSPS) is 17.5. The second-order valence-electron chi connectivity index (χ2n) is 6.24. The zero-order valence-electron chi connectivity index (χ0n) is 13.9. The predicted molar refractivity (Wildman–Crippen MR) is 93.1 cm³/mol. The van der Waals surface area contributed by atoms with Crippen LogP contribution in [-0.4, -0.2) is 35.1 Å². The third kappa shape index (κ3) is 3.25. The standard InChI is InChI=1S/C19H20N4O2/c24-19(21-13-15-7-2-4-11-25-15)17-16-8-1-3-10-23(16)18(22-17)14-6-5-9-20-12-14/h1,3,5-6,8-10,12,15H,2,4,7,11,13H2,(H,21,24)/p+1. The van der Waals surface area contributed by atoms with Gasteiger partial charge in [0.25, 0.3) is 11.7 Å². The molecule has 128 valence electrons. The lowest BCUT2D eigenvalue weighted by Crippen LogP contribution is -2.35. The minimum atomic E-state index is -0.118. The number of imidazole rings is 1. The number of nitrogens with zero attached hydrogens (tertiary/aromatic N) is 2. The first-order valence-electron chi connectivity index (χ1n) is 8.65. The van der Waals surface area contributed by atoms with Crippen molar-refractivity contribution in [1.82, 2.24) is 15.3 Å². The zero-order valence-corrected chi connectivity index (χ0v) is 13.9. The van der Waals surface area contributed by atoms with E-state index in [1.54, 1.807) is 12.4 Å². The van der Waals surface area contributed by atoms with Crippen molar-refractivity contribution < 1.29 is 13.9 Å². The number of hydrogen-bond donors (Lipinski definition) is 2. The summed E-state index contributed by atoms with van der Waals surface area (Å²) in [6.45, 7) is 1.33. The number of H-pyrrole nitrogens is 1. The maximum Gasteiger partial charge on any atom is 0.295 e. The van der Waals surface area contributed by atoms with Crippen molar-refractivity contribution in [3.63, 3.8) is 0 Å². The van der Waals surface area contributed by atoms with Crippen LogP contribution in [0.1, 0.15) is 29.8 Å². The summed E-state index contributed by atoms with van der Waals surface area (Å²) >= 11 is 0. The van der Waals surface area contributed by atoms with Gasteiger partial charge < -0.3 is 10.1 Å². The highest BCUT2D eigenvalue weighted by molar-refractivity contribution is 5.98. The highest BCUT2D eigenvalue weighted by atomic mass is 16.5. The third-order valence-corrected chi connectivity index (χ3v) is 4.53. The van der Waals surface area contributed by atoms with Crippen molar-refractivity contribution in [3.05, 3.63) is 54.6 Å². The van der Waals surface area contributed by atoms with E-state index < -0.39 is 0 Å². The largest absolute Gasteiger partial charge is 0.376 e. The molecule has 0 aliphatic carbocycles.